The lowest BCUT2D eigenvalue weighted by atomic mass is 10.1. The van der Waals surface area contributed by atoms with Crippen LogP contribution in [0.5, 0.6) is 5.75 Å². The Balaban J connectivity index is 1.97. The number of phenols is 1. The molecule has 0 unspecified atom stereocenters. The van der Waals surface area contributed by atoms with E-state index in [0.29, 0.717) is 11.1 Å². The number of benzene rings is 2. The van der Waals surface area contributed by atoms with Gasteiger partial charge in [0.05, 0.1) is 23.9 Å². The first-order valence-corrected chi connectivity index (χ1v) is 6.77. The van der Waals surface area contributed by atoms with Crippen molar-refractivity contribution >= 4 is 5.69 Å². The van der Waals surface area contributed by atoms with Gasteiger partial charge in [0.1, 0.15) is 24.2 Å². The molecule has 0 spiro atoms. The number of phenolic OH excluding ortho intramolecular Hbond substituents is 1. The van der Waals surface area contributed by atoms with E-state index in [1.807, 2.05) is 0 Å². The molecule has 0 atom stereocenters. The van der Waals surface area contributed by atoms with E-state index in [1.165, 1.54) is 24.8 Å². The van der Waals surface area contributed by atoms with Gasteiger partial charge in [0.2, 0.25) is 0 Å². The lowest BCUT2D eigenvalue weighted by Crippen LogP contribution is -2.28. The van der Waals surface area contributed by atoms with Crippen LogP contribution in [0.2, 0.25) is 0 Å². The molecule has 0 saturated carbocycles. The van der Waals surface area contributed by atoms with Gasteiger partial charge in [-0.3, -0.25) is 5.01 Å². The van der Waals surface area contributed by atoms with Gasteiger partial charge < -0.3 is 5.11 Å². The molecule has 0 amide bonds. The van der Waals surface area contributed by atoms with Gasteiger partial charge in [0.25, 0.3) is 0 Å². The summed E-state index contributed by atoms with van der Waals surface area (Å²) in [5, 5.41) is 27.5. The highest BCUT2D eigenvalue weighted by molar-refractivity contribution is 5.50. The standard InChI is InChI=1S/C16H12FN5O/c17-16-7-15(23)6-3-13(16)9-22(21-10-19-20-11-21)14-4-1-12(8-18)2-5-14/h1-7,10-11,23H,9H2. The van der Waals surface area contributed by atoms with E-state index in [9.17, 15) is 9.50 Å². The van der Waals surface area contributed by atoms with Crippen LogP contribution in [-0.4, -0.2) is 20.0 Å². The molecular weight excluding hydrogens is 297 g/mol. The molecule has 114 valence electrons. The minimum absolute atomic E-state index is 0.125. The summed E-state index contributed by atoms with van der Waals surface area (Å²) in [6.07, 6.45) is 2.99. The van der Waals surface area contributed by atoms with Crippen molar-refractivity contribution < 1.29 is 9.50 Å². The molecule has 0 fully saturated rings. The zero-order chi connectivity index (χ0) is 16.2. The SMILES string of the molecule is N#Cc1ccc(N(Cc2ccc(O)cc2F)n2cnnc2)cc1. The highest BCUT2D eigenvalue weighted by atomic mass is 19.1. The first kappa shape index (κ1) is 14.5. The summed E-state index contributed by atoms with van der Waals surface area (Å²) < 4.78 is 15.6. The second kappa shape index (κ2) is 6.15. The number of aromatic nitrogens is 3. The van der Waals surface area contributed by atoms with Crippen LogP contribution in [0.1, 0.15) is 11.1 Å². The summed E-state index contributed by atoms with van der Waals surface area (Å²) in [5.74, 6) is -0.628. The van der Waals surface area contributed by atoms with Crippen LogP contribution in [0.3, 0.4) is 0 Å². The molecule has 1 aromatic heterocycles. The van der Waals surface area contributed by atoms with Crippen molar-refractivity contribution in [3.05, 3.63) is 72.1 Å². The third-order valence-corrected chi connectivity index (χ3v) is 3.34. The second-order valence-corrected chi connectivity index (χ2v) is 4.83. The summed E-state index contributed by atoms with van der Waals surface area (Å²) in [6, 6.07) is 13.0. The van der Waals surface area contributed by atoms with E-state index in [1.54, 1.807) is 34.0 Å². The second-order valence-electron chi connectivity index (χ2n) is 4.83. The molecule has 23 heavy (non-hydrogen) atoms. The maximum Gasteiger partial charge on any atom is 0.139 e. The van der Waals surface area contributed by atoms with Crippen molar-refractivity contribution in [2.45, 2.75) is 6.54 Å². The number of anilines is 1. The lowest BCUT2D eigenvalue weighted by molar-refractivity contribution is 0.467. The highest BCUT2D eigenvalue weighted by Gasteiger charge is 2.13. The molecule has 0 aliphatic rings. The molecule has 7 heteroatoms. The zero-order valence-electron chi connectivity index (χ0n) is 12.0. The number of hydrogen-bond donors (Lipinski definition) is 1. The number of hydrogen-bond acceptors (Lipinski definition) is 5. The largest absolute Gasteiger partial charge is 0.508 e. The Morgan fingerprint density at radius 3 is 2.43 bits per heavy atom. The fraction of sp³-hybridized carbons (Fsp3) is 0.0625. The molecule has 0 radical (unpaired) electrons. The monoisotopic (exact) mass is 309 g/mol. The van der Waals surface area contributed by atoms with Gasteiger partial charge in [-0.05, 0) is 30.3 Å². The fourth-order valence-electron chi connectivity index (χ4n) is 2.16. The Bertz CT molecular complexity index is 840. The van der Waals surface area contributed by atoms with Gasteiger partial charge in [-0.15, -0.1) is 10.2 Å². The van der Waals surface area contributed by atoms with Crippen molar-refractivity contribution in [1.82, 2.24) is 14.9 Å². The molecule has 6 nitrogen and oxygen atoms in total. The van der Waals surface area contributed by atoms with Crippen LogP contribution in [-0.2, 0) is 6.54 Å². The Kier molecular flexibility index (Phi) is 3.89. The van der Waals surface area contributed by atoms with Gasteiger partial charge >= 0.3 is 0 Å². The van der Waals surface area contributed by atoms with E-state index >= 15 is 0 Å². The molecule has 3 rings (SSSR count). The summed E-state index contributed by atoms with van der Waals surface area (Å²) in [7, 11) is 0. The van der Waals surface area contributed by atoms with E-state index in [4.69, 9.17) is 5.26 Å². The maximum atomic E-state index is 14.0. The van der Waals surface area contributed by atoms with Crippen molar-refractivity contribution in [2.24, 2.45) is 0 Å². The predicted molar refractivity (Wildman–Crippen MR) is 80.8 cm³/mol. The van der Waals surface area contributed by atoms with E-state index in [-0.39, 0.29) is 12.3 Å². The average molecular weight is 309 g/mol. The lowest BCUT2D eigenvalue weighted by Gasteiger charge is -2.25. The van der Waals surface area contributed by atoms with E-state index in [2.05, 4.69) is 16.3 Å². The molecule has 0 aliphatic heterocycles. The Hall–Kier alpha value is -3.40. The Morgan fingerprint density at radius 2 is 1.83 bits per heavy atom. The topological polar surface area (TPSA) is 78.0 Å². The quantitative estimate of drug-likeness (QED) is 0.801. The third-order valence-electron chi connectivity index (χ3n) is 3.34. The first-order chi connectivity index (χ1) is 11.2. The van der Waals surface area contributed by atoms with Crippen LogP contribution in [0.25, 0.3) is 0 Å². The normalized spacial score (nSPS) is 10.3. The maximum absolute atomic E-state index is 14.0. The van der Waals surface area contributed by atoms with Crippen molar-refractivity contribution in [3.8, 4) is 11.8 Å². The Labute approximate surface area is 131 Å². The third kappa shape index (κ3) is 3.11. The first-order valence-electron chi connectivity index (χ1n) is 6.77. The molecule has 1 heterocycles. The number of nitrogens with zero attached hydrogens (tertiary/aromatic N) is 5. The van der Waals surface area contributed by atoms with Crippen molar-refractivity contribution in [1.29, 1.82) is 5.26 Å². The fourth-order valence-corrected chi connectivity index (χ4v) is 2.16. The summed E-state index contributed by atoms with van der Waals surface area (Å²) in [5.41, 5.74) is 1.69. The molecule has 0 bridgehead atoms. The summed E-state index contributed by atoms with van der Waals surface area (Å²) in [6.45, 7) is 0.204. The molecule has 2 aromatic carbocycles. The number of nitriles is 1. The van der Waals surface area contributed by atoms with Crippen LogP contribution in [0.4, 0.5) is 10.1 Å². The zero-order valence-corrected chi connectivity index (χ0v) is 12.0. The van der Waals surface area contributed by atoms with Crippen molar-refractivity contribution in [2.75, 3.05) is 5.01 Å². The van der Waals surface area contributed by atoms with Crippen LogP contribution in [0, 0.1) is 17.1 Å². The highest BCUT2D eigenvalue weighted by Crippen LogP contribution is 2.22. The van der Waals surface area contributed by atoms with Gasteiger partial charge in [-0.1, -0.05) is 6.07 Å². The summed E-state index contributed by atoms with van der Waals surface area (Å²) >= 11 is 0. The van der Waals surface area contributed by atoms with Crippen LogP contribution < -0.4 is 5.01 Å². The molecule has 1 N–H and O–H groups in total. The molecular formula is C16H12FN5O. The smallest absolute Gasteiger partial charge is 0.139 e. The molecule has 3 aromatic rings. The number of halogens is 1. The minimum atomic E-state index is -0.503. The van der Waals surface area contributed by atoms with Crippen LogP contribution in [0.15, 0.2) is 55.1 Å². The number of rotatable bonds is 4. The van der Waals surface area contributed by atoms with Gasteiger partial charge in [-0.25, -0.2) is 9.07 Å². The Morgan fingerprint density at radius 1 is 1.13 bits per heavy atom. The average Bonchev–Trinajstić information content (AvgIpc) is 3.08. The number of aromatic hydroxyl groups is 1. The van der Waals surface area contributed by atoms with Crippen molar-refractivity contribution in [3.63, 3.8) is 0 Å². The van der Waals surface area contributed by atoms with Gasteiger partial charge in [-0.2, -0.15) is 5.26 Å². The minimum Gasteiger partial charge on any atom is -0.508 e. The van der Waals surface area contributed by atoms with E-state index < -0.39 is 5.82 Å². The predicted octanol–water partition coefficient (Wildman–Crippen LogP) is 2.46. The van der Waals surface area contributed by atoms with Gasteiger partial charge in [0.15, 0.2) is 0 Å². The molecule has 0 aliphatic carbocycles. The summed E-state index contributed by atoms with van der Waals surface area (Å²) in [4.78, 5) is 0. The molecule has 0 saturated heterocycles. The van der Waals surface area contributed by atoms with Gasteiger partial charge in [0, 0.05) is 11.6 Å². The van der Waals surface area contributed by atoms with E-state index in [0.717, 1.165) is 11.8 Å². The van der Waals surface area contributed by atoms with Crippen LogP contribution >= 0.6 is 0 Å².